The van der Waals surface area contributed by atoms with Crippen molar-refractivity contribution in [1.29, 1.82) is 0 Å². The maximum absolute atomic E-state index is 12.8. The van der Waals surface area contributed by atoms with Gasteiger partial charge in [-0.1, -0.05) is 42.0 Å². The minimum Gasteiger partial charge on any atom is -0.507 e. The Labute approximate surface area is 164 Å². The molecule has 3 rings (SSSR count). The third-order valence-electron chi connectivity index (χ3n) is 4.76. The minimum absolute atomic E-state index is 0.0961. The van der Waals surface area contributed by atoms with Gasteiger partial charge in [-0.25, -0.2) is 0 Å². The van der Waals surface area contributed by atoms with Crippen LogP contribution in [0.2, 0.25) is 0 Å². The predicted molar refractivity (Wildman–Crippen MR) is 112 cm³/mol. The lowest BCUT2D eigenvalue weighted by Gasteiger charge is -2.19. The number of phenols is 1. The number of aromatic hydroxyl groups is 1. The molecule has 3 aromatic rings. The lowest BCUT2D eigenvalue weighted by atomic mass is 10.0. The van der Waals surface area contributed by atoms with Gasteiger partial charge in [-0.05, 0) is 54.8 Å². The molecule has 0 aromatic heterocycles. The van der Waals surface area contributed by atoms with Crippen LogP contribution < -0.4 is 5.32 Å². The van der Waals surface area contributed by atoms with Gasteiger partial charge in [0.05, 0.1) is 12.1 Å². The van der Waals surface area contributed by atoms with E-state index in [0.717, 1.165) is 33.2 Å². The quantitative estimate of drug-likeness (QED) is 0.718. The van der Waals surface area contributed by atoms with Crippen LogP contribution in [0, 0.1) is 20.8 Å². The SMILES string of the molecule is Cc1cc(C)c(NC(=O)CN(C)C(=O)c2cc3ccccc3cc2O)c(C)c1. The lowest BCUT2D eigenvalue weighted by molar-refractivity contribution is -0.116. The number of hydrogen-bond acceptors (Lipinski definition) is 3. The highest BCUT2D eigenvalue weighted by molar-refractivity contribution is 6.03. The summed E-state index contributed by atoms with van der Waals surface area (Å²) in [4.78, 5) is 26.5. The highest BCUT2D eigenvalue weighted by atomic mass is 16.3. The molecule has 0 aliphatic carbocycles. The van der Waals surface area contributed by atoms with E-state index in [9.17, 15) is 14.7 Å². The number of rotatable bonds is 4. The molecule has 0 saturated heterocycles. The topological polar surface area (TPSA) is 69.6 Å². The molecule has 0 saturated carbocycles. The molecule has 0 bridgehead atoms. The second-order valence-corrected chi connectivity index (χ2v) is 7.20. The molecule has 0 spiro atoms. The molecule has 28 heavy (non-hydrogen) atoms. The second-order valence-electron chi connectivity index (χ2n) is 7.20. The molecule has 2 amide bonds. The van der Waals surface area contributed by atoms with Crippen molar-refractivity contribution >= 4 is 28.3 Å². The molecule has 5 nitrogen and oxygen atoms in total. The molecular weight excluding hydrogens is 352 g/mol. The number of phenolic OH excluding ortho intramolecular Hbond substituents is 1. The van der Waals surface area contributed by atoms with Gasteiger partial charge in [-0.3, -0.25) is 9.59 Å². The molecule has 0 atom stereocenters. The van der Waals surface area contributed by atoms with Crippen LogP contribution in [0.1, 0.15) is 27.0 Å². The number of carbonyl (C=O) groups is 2. The zero-order valence-corrected chi connectivity index (χ0v) is 16.5. The van der Waals surface area contributed by atoms with E-state index >= 15 is 0 Å². The summed E-state index contributed by atoms with van der Waals surface area (Å²) in [6.45, 7) is 5.78. The summed E-state index contributed by atoms with van der Waals surface area (Å²) in [7, 11) is 1.55. The van der Waals surface area contributed by atoms with Crippen LogP contribution in [0.3, 0.4) is 0 Å². The maximum atomic E-state index is 12.8. The van der Waals surface area contributed by atoms with Crippen LogP contribution in [-0.4, -0.2) is 35.4 Å². The molecule has 5 heteroatoms. The molecule has 0 radical (unpaired) electrons. The number of amides is 2. The fourth-order valence-corrected chi connectivity index (χ4v) is 3.45. The van der Waals surface area contributed by atoms with Crippen LogP contribution in [-0.2, 0) is 4.79 Å². The first-order chi connectivity index (χ1) is 13.3. The number of likely N-dealkylation sites (N-methyl/N-ethyl adjacent to an activating group) is 1. The molecule has 0 fully saturated rings. The highest BCUT2D eigenvalue weighted by Crippen LogP contribution is 2.26. The van der Waals surface area contributed by atoms with E-state index in [-0.39, 0.29) is 23.8 Å². The average molecular weight is 376 g/mol. The van der Waals surface area contributed by atoms with E-state index in [1.54, 1.807) is 19.2 Å². The normalized spacial score (nSPS) is 10.7. The first kappa shape index (κ1) is 19.4. The highest BCUT2D eigenvalue weighted by Gasteiger charge is 2.19. The molecule has 0 aliphatic rings. The molecule has 0 unspecified atom stereocenters. The van der Waals surface area contributed by atoms with Crippen molar-refractivity contribution in [3.05, 3.63) is 70.8 Å². The Balaban J connectivity index is 1.76. The van der Waals surface area contributed by atoms with Crippen LogP contribution in [0.25, 0.3) is 10.8 Å². The third kappa shape index (κ3) is 3.98. The van der Waals surface area contributed by atoms with Gasteiger partial charge < -0.3 is 15.3 Å². The van der Waals surface area contributed by atoms with E-state index in [4.69, 9.17) is 0 Å². The second kappa shape index (κ2) is 7.72. The Hall–Kier alpha value is -3.34. The molecule has 3 aromatic carbocycles. The van der Waals surface area contributed by atoms with Gasteiger partial charge in [0.25, 0.3) is 5.91 Å². The van der Waals surface area contributed by atoms with E-state index < -0.39 is 5.91 Å². The van der Waals surface area contributed by atoms with Gasteiger partial charge in [0.15, 0.2) is 0 Å². The van der Waals surface area contributed by atoms with Gasteiger partial charge in [0.1, 0.15) is 5.75 Å². The molecule has 0 heterocycles. The number of carbonyl (C=O) groups excluding carboxylic acids is 2. The standard InChI is InChI=1S/C23H24N2O3/c1-14-9-15(2)22(16(3)10-14)24-21(27)13-25(4)23(28)19-11-17-7-5-6-8-18(17)12-20(19)26/h5-12,26H,13H2,1-4H3,(H,24,27). The lowest BCUT2D eigenvalue weighted by Crippen LogP contribution is -2.35. The smallest absolute Gasteiger partial charge is 0.257 e. The Morgan fingerprint density at radius 2 is 1.54 bits per heavy atom. The van der Waals surface area contributed by atoms with Crippen molar-refractivity contribution in [1.82, 2.24) is 4.90 Å². The van der Waals surface area contributed by atoms with Gasteiger partial charge in [-0.2, -0.15) is 0 Å². The Bertz CT molecular complexity index is 1050. The maximum Gasteiger partial charge on any atom is 0.257 e. The number of fused-ring (bicyclic) bond motifs is 1. The summed E-state index contributed by atoms with van der Waals surface area (Å²) in [5.41, 5.74) is 4.03. The van der Waals surface area contributed by atoms with Crippen molar-refractivity contribution in [2.24, 2.45) is 0 Å². The van der Waals surface area contributed by atoms with Crippen LogP contribution in [0.4, 0.5) is 5.69 Å². The number of hydrogen-bond donors (Lipinski definition) is 2. The van der Waals surface area contributed by atoms with E-state index in [0.29, 0.717) is 0 Å². The number of nitrogens with one attached hydrogen (secondary N) is 1. The van der Waals surface area contributed by atoms with Crippen molar-refractivity contribution in [2.45, 2.75) is 20.8 Å². The molecule has 144 valence electrons. The average Bonchev–Trinajstić information content (AvgIpc) is 2.63. The fourth-order valence-electron chi connectivity index (χ4n) is 3.45. The number of nitrogens with zero attached hydrogens (tertiary/aromatic N) is 1. The summed E-state index contributed by atoms with van der Waals surface area (Å²) in [6.07, 6.45) is 0. The molecule has 0 aliphatic heterocycles. The first-order valence-corrected chi connectivity index (χ1v) is 9.11. The van der Waals surface area contributed by atoms with Crippen molar-refractivity contribution in [2.75, 3.05) is 18.9 Å². The summed E-state index contributed by atoms with van der Waals surface area (Å²) in [6, 6.07) is 14.7. The third-order valence-corrected chi connectivity index (χ3v) is 4.76. The minimum atomic E-state index is -0.407. The van der Waals surface area contributed by atoms with Crippen molar-refractivity contribution in [3.8, 4) is 5.75 Å². The van der Waals surface area contributed by atoms with Crippen molar-refractivity contribution in [3.63, 3.8) is 0 Å². The number of anilines is 1. The predicted octanol–water partition coefficient (Wildman–Crippen LogP) is 4.18. The molecular formula is C23H24N2O3. The Morgan fingerprint density at radius 3 is 2.14 bits per heavy atom. The monoisotopic (exact) mass is 376 g/mol. The number of benzene rings is 3. The van der Waals surface area contributed by atoms with Gasteiger partial charge >= 0.3 is 0 Å². The van der Waals surface area contributed by atoms with Gasteiger partial charge in [0, 0.05) is 12.7 Å². The summed E-state index contributed by atoms with van der Waals surface area (Å²) in [5.74, 6) is -0.789. The van der Waals surface area contributed by atoms with Gasteiger partial charge in [-0.15, -0.1) is 0 Å². The summed E-state index contributed by atoms with van der Waals surface area (Å²) < 4.78 is 0. The Morgan fingerprint density at radius 1 is 0.964 bits per heavy atom. The van der Waals surface area contributed by atoms with Crippen LogP contribution in [0.15, 0.2) is 48.5 Å². The largest absolute Gasteiger partial charge is 0.507 e. The zero-order chi connectivity index (χ0) is 20.4. The van der Waals surface area contributed by atoms with E-state index in [1.807, 2.05) is 57.2 Å². The first-order valence-electron chi connectivity index (χ1n) is 9.11. The Kier molecular flexibility index (Phi) is 5.36. The number of aryl methyl sites for hydroxylation is 3. The van der Waals surface area contributed by atoms with Gasteiger partial charge in [0.2, 0.25) is 5.91 Å². The summed E-state index contributed by atoms with van der Waals surface area (Å²) >= 11 is 0. The van der Waals surface area contributed by atoms with Crippen LogP contribution >= 0.6 is 0 Å². The summed E-state index contributed by atoms with van der Waals surface area (Å²) in [5, 5.41) is 14.8. The zero-order valence-electron chi connectivity index (χ0n) is 16.5. The van der Waals surface area contributed by atoms with E-state index in [1.165, 1.54) is 4.90 Å². The van der Waals surface area contributed by atoms with Crippen LogP contribution in [0.5, 0.6) is 5.75 Å². The fraction of sp³-hybridized carbons (Fsp3) is 0.217. The van der Waals surface area contributed by atoms with Crippen molar-refractivity contribution < 1.29 is 14.7 Å². The van der Waals surface area contributed by atoms with E-state index in [2.05, 4.69) is 5.32 Å². The molecule has 2 N–H and O–H groups in total.